The molecule has 33 heavy (non-hydrogen) atoms. The molecule has 0 unspecified atom stereocenters. The number of unbranched alkanes of at least 4 members (excludes halogenated alkanes) is 1. The molecule has 0 N–H and O–H groups in total. The van der Waals surface area contributed by atoms with Crippen LogP contribution >= 0.6 is 11.6 Å². The molecule has 3 aromatic carbocycles. The highest BCUT2D eigenvalue weighted by molar-refractivity contribution is 6.33. The van der Waals surface area contributed by atoms with Crippen LogP contribution in [0.15, 0.2) is 42.5 Å². The molecule has 3 aromatic rings. The molecule has 0 fully saturated rings. The Hall–Kier alpha value is -3.45. The minimum absolute atomic E-state index is 0.0847. The number of hydrogen-bond donors (Lipinski definition) is 0. The average Bonchev–Trinajstić information content (AvgIpc) is 2.83. The number of benzene rings is 3. The number of fused-ring (bicyclic) bond motifs is 1. The summed E-state index contributed by atoms with van der Waals surface area (Å²) in [7, 11) is 4.33. The van der Waals surface area contributed by atoms with Gasteiger partial charge in [-0.25, -0.2) is 4.79 Å². The van der Waals surface area contributed by atoms with Crippen LogP contribution in [-0.2, 0) is 4.79 Å². The van der Waals surface area contributed by atoms with Gasteiger partial charge in [0.15, 0.2) is 11.5 Å². The number of carbonyl (C=O) groups is 2. The van der Waals surface area contributed by atoms with E-state index in [2.05, 4.69) is 0 Å². The first-order valence-electron chi connectivity index (χ1n) is 10.4. The number of esters is 2. The van der Waals surface area contributed by atoms with Gasteiger partial charge < -0.3 is 23.7 Å². The lowest BCUT2D eigenvalue weighted by Gasteiger charge is -2.20. The molecule has 0 saturated carbocycles. The molecule has 0 radical (unpaired) electrons. The first-order chi connectivity index (χ1) is 15.9. The van der Waals surface area contributed by atoms with E-state index in [1.807, 2.05) is 6.92 Å². The molecule has 3 rings (SSSR count). The minimum Gasteiger partial charge on any atom is -0.497 e. The number of carbonyl (C=O) groups excluding carboxylic acids is 2. The van der Waals surface area contributed by atoms with Gasteiger partial charge in [-0.1, -0.05) is 37.1 Å². The van der Waals surface area contributed by atoms with Crippen molar-refractivity contribution in [3.8, 4) is 28.7 Å². The Bertz CT molecular complexity index is 1170. The molecular formula is C25H25ClO7. The van der Waals surface area contributed by atoms with Crippen LogP contribution in [-0.4, -0.2) is 33.3 Å². The first-order valence-corrected chi connectivity index (χ1v) is 10.8. The Morgan fingerprint density at radius 3 is 2.09 bits per heavy atom. The van der Waals surface area contributed by atoms with Crippen LogP contribution in [0.5, 0.6) is 28.7 Å². The second-order valence-electron chi connectivity index (χ2n) is 7.08. The zero-order chi connectivity index (χ0) is 24.0. The van der Waals surface area contributed by atoms with Crippen molar-refractivity contribution in [2.75, 3.05) is 21.3 Å². The maximum absolute atomic E-state index is 13.0. The summed E-state index contributed by atoms with van der Waals surface area (Å²) in [5.74, 6) is -0.105. The Morgan fingerprint density at radius 1 is 0.818 bits per heavy atom. The summed E-state index contributed by atoms with van der Waals surface area (Å²) in [5, 5.41) is 1.17. The Kier molecular flexibility index (Phi) is 8.01. The molecule has 0 aliphatic rings. The Labute approximate surface area is 197 Å². The summed E-state index contributed by atoms with van der Waals surface area (Å²) >= 11 is 6.17. The normalized spacial score (nSPS) is 10.6. The molecule has 0 heterocycles. The van der Waals surface area contributed by atoms with Crippen molar-refractivity contribution >= 4 is 34.3 Å². The highest BCUT2D eigenvalue weighted by Crippen LogP contribution is 2.52. The van der Waals surface area contributed by atoms with Crippen LogP contribution < -0.4 is 23.7 Å². The lowest BCUT2D eigenvalue weighted by Crippen LogP contribution is -2.12. The average molecular weight is 473 g/mol. The van der Waals surface area contributed by atoms with Gasteiger partial charge in [0.2, 0.25) is 11.5 Å². The first kappa shape index (κ1) is 24.2. The fraction of sp³-hybridized carbons (Fsp3) is 0.280. The summed E-state index contributed by atoms with van der Waals surface area (Å²) in [6, 6.07) is 11.6. The quantitative estimate of drug-likeness (QED) is 0.286. The molecule has 174 valence electrons. The third kappa shape index (κ3) is 5.14. The van der Waals surface area contributed by atoms with Gasteiger partial charge in [0.05, 0.1) is 31.9 Å². The Balaban J connectivity index is 2.21. The van der Waals surface area contributed by atoms with Gasteiger partial charge in [-0.15, -0.1) is 0 Å². The summed E-state index contributed by atoms with van der Waals surface area (Å²) in [6.45, 7) is 1.99. The fourth-order valence-corrected chi connectivity index (χ4v) is 3.53. The molecule has 0 aromatic heterocycles. The van der Waals surface area contributed by atoms with Crippen LogP contribution in [0.1, 0.15) is 36.5 Å². The highest BCUT2D eigenvalue weighted by Gasteiger charge is 2.28. The van der Waals surface area contributed by atoms with Gasteiger partial charge in [-0.2, -0.15) is 0 Å². The largest absolute Gasteiger partial charge is 0.497 e. The van der Waals surface area contributed by atoms with Crippen molar-refractivity contribution in [1.82, 2.24) is 0 Å². The van der Waals surface area contributed by atoms with E-state index < -0.39 is 11.9 Å². The molecule has 8 heteroatoms. The second-order valence-corrected chi connectivity index (χ2v) is 7.49. The van der Waals surface area contributed by atoms with Gasteiger partial charge in [0, 0.05) is 17.2 Å². The monoisotopic (exact) mass is 472 g/mol. The van der Waals surface area contributed by atoms with Gasteiger partial charge in [-0.3, -0.25) is 4.79 Å². The second kappa shape index (κ2) is 10.9. The molecule has 7 nitrogen and oxygen atoms in total. The zero-order valence-electron chi connectivity index (χ0n) is 18.9. The Morgan fingerprint density at radius 2 is 1.48 bits per heavy atom. The molecule has 0 aliphatic carbocycles. The predicted molar refractivity (Wildman–Crippen MR) is 125 cm³/mol. The molecule has 0 spiro atoms. The molecule has 0 aliphatic heterocycles. The van der Waals surface area contributed by atoms with E-state index in [1.165, 1.54) is 21.3 Å². The number of rotatable bonds is 9. The van der Waals surface area contributed by atoms with E-state index in [0.29, 0.717) is 22.9 Å². The van der Waals surface area contributed by atoms with Crippen molar-refractivity contribution in [3.63, 3.8) is 0 Å². The SMILES string of the molecule is CCCCC(=O)Oc1c(OC)c(OC)c(OC(=O)c2ccccc2Cl)c2cc(OC)ccc12. The van der Waals surface area contributed by atoms with Crippen molar-refractivity contribution in [2.45, 2.75) is 26.2 Å². The van der Waals surface area contributed by atoms with Gasteiger partial charge in [-0.05, 0) is 36.8 Å². The van der Waals surface area contributed by atoms with Crippen molar-refractivity contribution in [3.05, 3.63) is 53.1 Å². The lowest BCUT2D eigenvalue weighted by molar-refractivity contribution is -0.134. The van der Waals surface area contributed by atoms with Gasteiger partial charge in [0.1, 0.15) is 5.75 Å². The number of hydrogen-bond acceptors (Lipinski definition) is 7. The summed E-state index contributed by atoms with van der Waals surface area (Å²) in [4.78, 5) is 25.4. The zero-order valence-corrected chi connectivity index (χ0v) is 19.7. The summed E-state index contributed by atoms with van der Waals surface area (Å²) in [5.41, 5.74) is 0.186. The van der Waals surface area contributed by atoms with Crippen LogP contribution in [0.4, 0.5) is 0 Å². The minimum atomic E-state index is -0.683. The van der Waals surface area contributed by atoms with Gasteiger partial charge in [0.25, 0.3) is 0 Å². The molecule has 0 atom stereocenters. The fourth-order valence-electron chi connectivity index (χ4n) is 3.32. The van der Waals surface area contributed by atoms with Crippen molar-refractivity contribution in [2.24, 2.45) is 0 Å². The topological polar surface area (TPSA) is 80.3 Å². The molecule has 0 saturated heterocycles. The maximum Gasteiger partial charge on any atom is 0.345 e. The lowest BCUT2D eigenvalue weighted by atomic mass is 10.1. The molecular weight excluding hydrogens is 448 g/mol. The predicted octanol–water partition coefficient (Wildman–Crippen LogP) is 5.83. The van der Waals surface area contributed by atoms with Crippen molar-refractivity contribution < 1.29 is 33.3 Å². The van der Waals surface area contributed by atoms with E-state index in [0.717, 1.165) is 6.42 Å². The van der Waals surface area contributed by atoms with E-state index in [1.54, 1.807) is 42.5 Å². The van der Waals surface area contributed by atoms with Crippen LogP contribution in [0, 0.1) is 0 Å². The van der Waals surface area contributed by atoms with Crippen LogP contribution in [0.25, 0.3) is 10.8 Å². The number of methoxy groups -OCH3 is 3. The number of halogens is 1. The third-order valence-electron chi connectivity index (χ3n) is 4.98. The van der Waals surface area contributed by atoms with Crippen LogP contribution in [0.2, 0.25) is 5.02 Å². The third-order valence-corrected chi connectivity index (χ3v) is 5.31. The van der Waals surface area contributed by atoms with E-state index >= 15 is 0 Å². The molecule has 0 bridgehead atoms. The van der Waals surface area contributed by atoms with Gasteiger partial charge >= 0.3 is 11.9 Å². The maximum atomic E-state index is 13.0. The van der Waals surface area contributed by atoms with E-state index in [4.69, 9.17) is 35.3 Å². The smallest absolute Gasteiger partial charge is 0.345 e. The van der Waals surface area contributed by atoms with Crippen molar-refractivity contribution in [1.29, 1.82) is 0 Å². The molecule has 0 amide bonds. The number of ether oxygens (including phenoxy) is 5. The van der Waals surface area contributed by atoms with E-state index in [9.17, 15) is 9.59 Å². The van der Waals surface area contributed by atoms with E-state index in [-0.39, 0.29) is 40.0 Å². The summed E-state index contributed by atoms with van der Waals surface area (Å²) in [6.07, 6.45) is 1.80. The van der Waals surface area contributed by atoms with Crippen LogP contribution in [0.3, 0.4) is 0 Å². The standard InChI is InChI=1S/C25H25ClO7/c1-5-6-11-20(27)32-21-16-13-12-15(29-2)14-18(16)22(24(31-4)23(21)30-3)33-25(28)17-9-7-8-10-19(17)26/h7-10,12-14H,5-6,11H2,1-4H3. The highest BCUT2D eigenvalue weighted by atomic mass is 35.5. The summed E-state index contributed by atoms with van der Waals surface area (Å²) < 4.78 is 27.9.